The first-order chi connectivity index (χ1) is 10.3. The molecule has 1 aliphatic rings. The number of likely N-dealkylation sites (tertiary alicyclic amines) is 1. The molecule has 1 aliphatic heterocycles. The van der Waals surface area contributed by atoms with Gasteiger partial charge < -0.3 is 24.3 Å². The lowest BCUT2D eigenvalue weighted by Gasteiger charge is -2.24. The molecule has 22 heavy (non-hydrogen) atoms. The van der Waals surface area contributed by atoms with Gasteiger partial charge in [-0.15, -0.1) is 0 Å². The van der Waals surface area contributed by atoms with E-state index < -0.39 is 5.60 Å². The zero-order chi connectivity index (χ0) is 16.3. The molecule has 0 unspecified atom stereocenters. The molecule has 1 saturated heterocycles. The molecule has 0 bridgehead atoms. The fourth-order valence-electron chi connectivity index (χ4n) is 2.60. The number of aryl methyl sites for hydroxylation is 1. The number of ether oxygens (including phenoxy) is 2. The predicted octanol–water partition coefficient (Wildman–Crippen LogP) is 1.75. The lowest BCUT2D eigenvalue weighted by molar-refractivity contribution is 0.0252. The number of rotatable bonds is 4. The van der Waals surface area contributed by atoms with E-state index in [-0.39, 0.29) is 18.2 Å². The zero-order valence-corrected chi connectivity index (χ0v) is 14.1. The van der Waals surface area contributed by atoms with Crippen LogP contribution >= 0.6 is 0 Å². The molecule has 1 fully saturated rings. The lowest BCUT2D eigenvalue weighted by atomic mass is 10.2. The van der Waals surface area contributed by atoms with Crippen molar-refractivity contribution < 1.29 is 14.3 Å². The average molecular weight is 309 g/mol. The third-order valence-corrected chi connectivity index (χ3v) is 3.68. The first-order valence-corrected chi connectivity index (χ1v) is 7.63. The highest BCUT2D eigenvalue weighted by molar-refractivity contribution is 5.68. The second-order valence-corrected chi connectivity index (χ2v) is 6.83. The van der Waals surface area contributed by atoms with Crippen molar-refractivity contribution in [1.29, 1.82) is 0 Å². The summed E-state index contributed by atoms with van der Waals surface area (Å²) in [4.78, 5) is 13.9. The van der Waals surface area contributed by atoms with E-state index in [0.717, 1.165) is 6.54 Å². The van der Waals surface area contributed by atoms with E-state index >= 15 is 0 Å². The molecule has 1 amide bonds. The first-order valence-electron chi connectivity index (χ1n) is 7.63. The maximum absolute atomic E-state index is 12.2. The van der Waals surface area contributed by atoms with Gasteiger partial charge in [0.25, 0.3) is 0 Å². The smallest absolute Gasteiger partial charge is 0.410 e. The highest BCUT2D eigenvalue weighted by Gasteiger charge is 2.37. The monoisotopic (exact) mass is 309 g/mol. The van der Waals surface area contributed by atoms with Gasteiger partial charge in [-0.25, -0.2) is 4.79 Å². The number of aromatic nitrogens is 1. The van der Waals surface area contributed by atoms with Crippen molar-refractivity contribution in [2.75, 3.05) is 20.2 Å². The van der Waals surface area contributed by atoms with E-state index in [1.54, 1.807) is 12.0 Å². The van der Waals surface area contributed by atoms with Crippen LogP contribution in [-0.4, -0.2) is 53.5 Å². The van der Waals surface area contributed by atoms with Gasteiger partial charge in [0, 0.05) is 39.6 Å². The van der Waals surface area contributed by atoms with Gasteiger partial charge in [-0.1, -0.05) is 0 Å². The largest absolute Gasteiger partial charge is 0.444 e. The van der Waals surface area contributed by atoms with E-state index in [0.29, 0.717) is 13.1 Å². The summed E-state index contributed by atoms with van der Waals surface area (Å²) in [6, 6.07) is 2.19. The van der Waals surface area contributed by atoms with Crippen molar-refractivity contribution in [3.05, 3.63) is 24.0 Å². The fourth-order valence-corrected chi connectivity index (χ4v) is 2.60. The molecular formula is C16H27N3O3. The Morgan fingerprint density at radius 2 is 2.14 bits per heavy atom. The molecule has 2 rings (SSSR count). The molecule has 0 aromatic carbocycles. The first kappa shape index (κ1) is 16.8. The van der Waals surface area contributed by atoms with Gasteiger partial charge in [-0.05, 0) is 32.4 Å². The lowest BCUT2D eigenvalue weighted by Crippen LogP contribution is -2.40. The summed E-state index contributed by atoms with van der Waals surface area (Å²) in [5, 5.41) is 3.47. The third-order valence-electron chi connectivity index (χ3n) is 3.68. The average Bonchev–Trinajstić information content (AvgIpc) is 3.00. The van der Waals surface area contributed by atoms with Gasteiger partial charge in [0.15, 0.2) is 0 Å². The molecule has 0 spiro atoms. The standard InChI is InChI=1S/C16H27N3O3/c1-16(2,3)22-15(20)19-10-13(14(11-19)21-5)17-8-12-6-7-18(4)9-12/h6-7,9,13-14,17H,8,10-11H2,1-5H3/t13-,14-/m0/s1. The van der Waals surface area contributed by atoms with E-state index in [1.807, 2.05) is 38.6 Å². The number of nitrogens with one attached hydrogen (secondary N) is 1. The van der Waals surface area contributed by atoms with Crippen LogP contribution in [0.4, 0.5) is 4.79 Å². The maximum Gasteiger partial charge on any atom is 0.410 e. The van der Waals surface area contributed by atoms with Gasteiger partial charge in [-0.3, -0.25) is 0 Å². The molecule has 2 atom stereocenters. The van der Waals surface area contributed by atoms with E-state index in [1.165, 1.54) is 5.56 Å². The minimum Gasteiger partial charge on any atom is -0.444 e. The molecule has 0 radical (unpaired) electrons. The summed E-state index contributed by atoms with van der Waals surface area (Å²) in [7, 11) is 3.68. The second kappa shape index (κ2) is 6.71. The Bertz CT molecular complexity index is 507. The van der Waals surface area contributed by atoms with Crippen LogP contribution in [0.25, 0.3) is 0 Å². The Hall–Kier alpha value is -1.53. The molecule has 2 heterocycles. The van der Waals surface area contributed by atoms with Gasteiger partial charge in [0.2, 0.25) is 0 Å². The molecular weight excluding hydrogens is 282 g/mol. The zero-order valence-electron chi connectivity index (χ0n) is 14.1. The van der Waals surface area contributed by atoms with Crippen LogP contribution in [0.15, 0.2) is 18.5 Å². The van der Waals surface area contributed by atoms with E-state index in [2.05, 4.69) is 17.6 Å². The Balaban J connectivity index is 1.90. The molecule has 6 heteroatoms. The molecule has 1 aromatic rings. The molecule has 0 saturated carbocycles. The van der Waals surface area contributed by atoms with Gasteiger partial charge in [0.1, 0.15) is 5.60 Å². The minimum atomic E-state index is -0.477. The van der Waals surface area contributed by atoms with E-state index in [4.69, 9.17) is 9.47 Å². The number of carbonyl (C=O) groups excluding carboxylic acids is 1. The number of hydrogen-bond acceptors (Lipinski definition) is 4. The number of methoxy groups -OCH3 is 1. The highest BCUT2D eigenvalue weighted by Crippen LogP contribution is 2.18. The van der Waals surface area contributed by atoms with Crippen LogP contribution in [0.5, 0.6) is 0 Å². The molecule has 0 aliphatic carbocycles. The molecule has 6 nitrogen and oxygen atoms in total. The summed E-state index contributed by atoms with van der Waals surface area (Å²) in [5.41, 5.74) is 0.739. The summed E-state index contributed by atoms with van der Waals surface area (Å²) in [6.07, 6.45) is 3.80. The predicted molar refractivity (Wildman–Crippen MR) is 84.6 cm³/mol. The Labute approximate surface area is 132 Å². The Morgan fingerprint density at radius 1 is 1.41 bits per heavy atom. The normalized spacial score (nSPS) is 22.1. The van der Waals surface area contributed by atoms with Crippen LogP contribution in [-0.2, 0) is 23.1 Å². The van der Waals surface area contributed by atoms with Crippen LogP contribution in [0.1, 0.15) is 26.3 Å². The molecule has 1 N–H and O–H groups in total. The number of carbonyl (C=O) groups is 1. The molecule has 124 valence electrons. The van der Waals surface area contributed by atoms with Crippen LogP contribution in [0, 0.1) is 0 Å². The summed E-state index contributed by atoms with van der Waals surface area (Å²) in [6.45, 7) is 7.53. The quantitative estimate of drug-likeness (QED) is 0.920. The summed E-state index contributed by atoms with van der Waals surface area (Å²) in [5.74, 6) is 0. The number of amides is 1. The Morgan fingerprint density at radius 3 is 2.68 bits per heavy atom. The summed E-state index contributed by atoms with van der Waals surface area (Å²) < 4.78 is 13.0. The third kappa shape index (κ3) is 4.48. The fraction of sp³-hybridized carbons (Fsp3) is 0.688. The Kier molecular flexibility index (Phi) is 5.13. The molecule has 1 aromatic heterocycles. The van der Waals surface area contributed by atoms with Crippen LogP contribution in [0.3, 0.4) is 0 Å². The SMILES string of the molecule is CO[C@H]1CN(C(=O)OC(C)(C)C)C[C@@H]1NCc1ccn(C)c1. The van der Waals surface area contributed by atoms with Crippen molar-refractivity contribution in [1.82, 2.24) is 14.8 Å². The maximum atomic E-state index is 12.2. The van der Waals surface area contributed by atoms with Crippen LogP contribution < -0.4 is 5.32 Å². The topological polar surface area (TPSA) is 55.7 Å². The number of nitrogens with zero attached hydrogens (tertiary/aromatic N) is 2. The van der Waals surface area contributed by atoms with Crippen molar-refractivity contribution in [3.8, 4) is 0 Å². The van der Waals surface area contributed by atoms with E-state index in [9.17, 15) is 4.79 Å². The van der Waals surface area contributed by atoms with Crippen molar-refractivity contribution >= 4 is 6.09 Å². The van der Waals surface area contributed by atoms with Crippen molar-refractivity contribution in [2.24, 2.45) is 7.05 Å². The number of hydrogen-bond donors (Lipinski definition) is 1. The summed E-state index contributed by atoms with van der Waals surface area (Å²) >= 11 is 0. The van der Waals surface area contributed by atoms with Crippen molar-refractivity contribution in [3.63, 3.8) is 0 Å². The van der Waals surface area contributed by atoms with Crippen molar-refractivity contribution in [2.45, 2.75) is 45.1 Å². The van der Waals surface area contributed by atoms with Crippen LogP contribution in [0.2, 0.25) is 0 Å². The minimum absolute atomic E-state index is 0.0174. The van der Waals surface area contributed by atoms with Gasteiger partial charge in [-0.2, -0.15) is 0 Å². The highest BCUT2D eigenvalue weighted by atomic mass is 16.6. The van der Waals surface area contributed by atoms with Gasteiger partial charge >= 0.3 is 6.09 Å². The second-order valence-electron chi connectivity index (χ2n) is 6.83. The van der Waals surface area contributed by atoms with Gasteiger partial charge in [0.05, 0.1) is 18.7 Å².